The lowest BCUT2D eigenvalue weighted by molar-refractivity contribution is 0.431. The van der Waals surface area contributed by atoms with Crippen LogP contribution in [0, 0.1) is 0 Å². The number of nitrogen functional groups attached to an aromatic ring is 1. The summed E-state index contributed by atoms with van der Waals surface area (Å²) in [5.41, 5.74) is 9.53. The summed E-state index contributed by atoms with van der Waals surface area (Å²) >= 11 is 0. The maximum absolute atomic E-state index is 10.3. The van der Waals surface area contributed by atoms with Crippen LogP contribution in [0.2, 0.25) is 0 Å². The van der Waals surface area contributed by atoms with Gasteiger partial charge in [0.25, 0.3) is 0 Å². The van der Waals surface area contributed by atoms with Crippen LogP contribution in [0.3, 0.4) is 0 Å². The van der Waals surface area contributed by atoms with Gasteiger partial charge in [0.1, 0.15) is 5.75 Å². The first-order valence-electron chi connectivity index (χ1n) is 12.5. The summed E-state index contributed by atoms with van der Waals surface area (Å²) in [5.74, 6) is 1.87. The largest absolute Gasteiger partial charge is 0.507 e. The van der Waals surface area contributed by atoms with Gasteiger partial charge in [0.15, 0.2) is 5.82 Å². The van der Waals surface area contributed by atoms with Gasteiger partial charge < -0.3 is 26.0 Å². The third-order valence-corrected chi connectivity index (χ3v) is 7.23. The zero-order valence-electron chi connectivity index (χ0n) is 20.4. The number of piperazine rings is 1. The first kappa shape index (κ1) is 23.3. The maximum Gasteiger partial charge on any atom is 0.226 e. The second-order valence-electron chi connectivity index (χ2n) is 9.55. The van der Waals surface area contributed by atoms with E-state index in [1.165, 1.54) is 0 Å². The molecular weight excluding hydrogens is 440 g/mol. The van der Waals surface area contributed by atoms with E-state index in [4.69, 9.17) is 15.7 Å². The number of piperidine rings is 1. The van der Waals surface area contributed by atoms with Gasteiger partial charge >= 0.3 is 0 Å². The van der Waals surface area contributed by atoms with E-state index >= 15 is 0 Å². The van der Waals surface area contributed by atoms with E-state index < -0.39 is 0 Å². The molecular formula is C26H34N8O. The molecule has 2 aliphatic heterocycles. The molecule has 35 heavy (non-hydrogen) atoms. The molecule has 5 rings (SSSR count). The van der Waals surface area contributed by atoms with Crippen molar-refractivity contribution in [2.24, 2.45) is 0 Å². The van der Waals surface area contributed by atoms with Crippen molar-refractivity contribution in [3.8, 4) is 17.0 Å². The van der Waals surface area contributed by atoms with Crippen molar-refractivity contribution in [3.63, 3.8) is 0 Å². The highest BCUT2D eigenvalue weighted by atomic mass is 16.3. The molecule has 0 bridgehead atoms. The SMILES string of the molecule is CCC1CN(c2cc(-c3ccccc3O)nnc2N)CC(C)N1c1nccc(C2CCNCC2)n1. The number of rotatable bonds is 5. The number of hydrogen-bond acceptors (Lipinski definition) is 9. The van der Waals surface area contributed by atoms with Crippen LogP contribution in [0.1, 0.15) is 44.7 Å². The minimum Gasteiger partial charge on any atom is -0.507 e. The van der Waals surface area contributed by atoms with E-state index in [0.717, 1.165) is 62.8 Å². The van der Waals surface area contributed by atoms with Crippen LogP contribution < -0.4 is 20.9 Å². The monoisotopic (exact) mass is 474 g/mol. The van der Waals surface area contributed by atoms with E-state index in [0.29, 0.717) is 23.0 Å². The van der Waals surface area contributed by atoms with E-state index in [-0.39, 0.29) is 17.8 Å². The summed E-state index contributed by atoms with van der Waals surface area (Å²) in [6, 6.07) is 11.6. The molecule has 2 saturated heterocycles. The maximum atomic E-state index is 10.3. The molecule has 0 radical (unpaired) electrons. The number of nitrogens with one attached hydrogen (secondary N) is 1. The second-order valence-corrected chi connectivity index (χ2v) is 9.55. The number of nitrogens with two attached hydrogens (primary N) is 1. The Kier molecular flexibility index (Phi) is 6.68. The van der Waals surface area contributed by atoms with Crippen LogP contribution in [0.25, 0.3) is 11.3 Å². The van der Waals surface area contributed by atoms with E-state index in [2.05, 4.69) is 45.2 Å². The third-order valence-electron chi connectivity index (χ3n) is 7.23. The second kappa shape index (κ2) is 10.0. The summed E-state index contributed by atoms with van der Waals surface area (Å²) in [5, 5.41) is 22.2. The van der Waals surface area contributed by atoms with Crippen LogP contribution in [0.4, 0.5) is 17.5 Å². The number of aromatic hydroxyl groups is 1. The molecule has 4 heterocycles. The summed E-state index contributed by atoms with van der Waals surface area (Å²) in [4.78, 5) is 14.4. The molecule has 0 amide bonds. The van der Waals surface area contributed by atoms with E-state index in [9.17, 15) is 5.11 Å². The molecule has 3 aromatic rings. The van der Waals surface area contributed by atoms with Gasteiger partial charge in [-0.2, -0.15) is 0 Å². The summed E-state index contributed by atoms with van der Waals surface area (Å²) in [6.45, 7) is 8.03. The molecule has 2 atom stereocenters. The number of phenols is 1. The first-order chi connectivity index (χ1) is 17.0. The minimum absolute atomic E-state index is 0.174. The fourth-order valence-corrected chi connectivity index (χ4v) is 5.36. The average molecular weight is 475 g/mol. The van der Waals surface area contributed by atoms with Gasteiger partial charge in [-0.15, -0.1) is 10.2 Å². The van der Waals surface area contributed by atoms with Crippen molar-refractivity contribution in [3.05, 3.63) is 48.3 Å². The molecule has 4 N–H and O–H groups in total. The van der Waals surface area contributed by atoms with Crippen LogP contribution >= 0.6 is 0 Å². The highest BCUT2D eigenvalue weighted by Gasteiger charge is 2.34. The number of para-hydroxylation sites is 1. The van der Waals surface area contributed by atoms with Crippen molar-refractivity contribution < 1.29 is 5.11 Å². The molecule has 184 valence electrons. The predicted molar refractivity (Wildman–Crippen MR) is 139 cm³/mol. The number of aromatic nitrogens is 4. The molecule has 9 nitrogen and oxygen atoms in total. The number of benzene rings is 1. The molecule has 9 heteroatoms. The van der Waals surface area contributed by atoms with E-state index in [1.807, 2.05) is 24.4 Å². The zero-order chi connectivity index (χ0) is 24.4. The highest BCUT2D eigenvalue weighted by Crippen LogP contribution is 2.34. The first-order valence-corrected chi connectivity index (χ1v) is 12.5. The van der Waals surface area contributed by atoms with Gasteiger partial charge in [-0.05, 0) is 63.5 Å². The van der Waals surface area contributed by atoms with Gasteiger partial charge in [-0.25, -0.2) is 9.97 Å². The molecule has 1 aromatic carbocycles. The molecule has 2 aliphatic rings. The van der Waals surface area contributed by atoms with Crippen LogP contribution in [-0.4, -0.2) is 63.5 Å². The topological polar surface area (TPSA) is 116 Å². The van der Waals surface area contributed by atoms with Crippen LogP contribution in [-0.2, 0) is 0 Å². The number of hydrogen-bond donors (Lipinski definition) is 3. The zero-order valence-corrected chi connectivity index (χ0v) is 20.4. The van der Waals surface area contributed by atoms with Crippen molar-refractivity contribution in [1.29, 1.82) is 0 Å². The summed E-state index contributed by atoms with van der Waals surface area (Å²) in [7, 11) is 0. The molecule has 0 aliphatic carbocycles. The lowest BCUT2D eigenvalue weighted by atomic mass is 9.94. The van der Waals surface area contributed by atoms with Gasteiger partial charge in [0.05, 0.1) is 11.4 Å². The fourth-order valence-electron chi connectivity index (χ4n) is 5.36. The summed E-state index contributed by atoms with van der Waals surface area (Å²) < 4.78 is 0. The number of phenolic OH excluding ortho intramolecular Hbond substituents is 1. The molecule has 0 saturated carbocycles. The van der Waals surface area contributed by atoms with Crippen molar-refractivity contribution in [2.45, 2.75) is 51.1 Å². The minimum atomic E-state index is 0.174. The Morgan fingerprint density at radius 3 is 2.69 bits per heavy atom. The Balaban J connectivity index is 1.41. The Labute approximate surface area is 206 Å². The average Bonchev–Trinajstić information content (AvgIpc) is 2.89. The Morgan fingerprint density at radius 2 is 1.91 bits per heavy atom. The van der Waals surface area contributed by atoms with Crippen molar-refractivity contribution in [2.75, 3.05) is 41.7 Å². The smallest absolute Gasteiger partial charge is 0.226 e. The molecule has 2 aromatic heterocycles. The van der Waals surface area contributed by atoms with Crippen molar-refractivity contribution >= 4 is 17.5 Å². The predicted octanol–water partition coefficient (Wildman–Crippen LogP) is 3.18. The van der Waals surface area contributed by atoms with E-state index in [1.54, 1.807) is 12.1 Å². The van der Waals surface area contributed by atoms with Crippen LogP contribution in [0.15, 0.2) is 42.6 Å². The third kappa shape index (κ3) is 4.73. The number of anilines is 3. The summed E-state index contributed by atoms with van der Waals surface area (Å²) in [6.07, 6.45) is 5.09. The quantitative estimate of drug-likeness (QED) is 0.512. The van der Waals surface area contributed by atoms with Crippen molar-refractivity contribution in [1.82, 2.24) is 25.5 Å². The van der Waals surface area contributed by atoms with Gasteiger partial charge in [0.2, 0.25) is 5.95 Å². The molecule has 0 spiro atoms. The highest BCUT2D eigenvalue weighted by molar-refractivity contribution is 5.74. The number of nitrogens with zero attached hydrogens (tertiary/aromatic N) is 6. The molecule has 2 unspecified atom stereocenters. The Morgan fingerprint density at radius 1 is 1.11 bits per heavy atom. The standard InChI is InChI=1S/C26H34N8O/c1-3-19-16-33(23-14-22(31-32-25(23)27)20-6-4-5-7-24(20)35)15-17(2)34(19)26-29-13-10-21(30-26)18-8-11-28-12-9-18/h4-7,10,13-14,17-19,28,35H,3,8-9,11-12,15-16H2,1-2H3,(H2,27,32). The van der Waals surface area contributed by atoms with Gasteiger partial charge in [-0.1, -0.05) is 19.1 Å². The molecule has 2 fully saturated rings. The van der Waals surface area contributed by atoms with Gasteiger partial charge in [0, 0.05) is 48.5 Å². The normalized spacial score (nSPS) is 21.3. The Bertz CT molecular complexity index is 1170. The van der Waals surface area contributed by atoms with Gasteiger partial charge in [-0.3, -0.25) is 0 Å². The van der Waals surface area contributed by atoms with Crippen LogP contribution in [0.5, 0.6) is 5.75 Å². The fraction of sp³-hybridized carbons (Fsp3) is 0.462. The lowest BCUT2D eigenvalue weighted by Gasteiger charge is -2.46. The Hall–Kier alpha value is -3.46. The lowest BCUT2D eigenvalue weighted by Crippen LogP contribution is -2.58.